The third-order valence-corrected chi connectivity index (χ3v) is 3.27. The van der Waals surface area contributed by atoms with Crippen LogP contribution in [0.25, 0.3) is 10.8 Å². The Morgan fingerprint density at radius 1 is 1.20 bits per heavy atom. The molecule has 5 nitrogen and oxygen atoms in total. The van der Waals surface area contributed by atoms with E-state index in [-0.39, 0.29) is 0 Å². The number of nitrogens with zero attached hydrogens (tertiary/aromatic N) is 3. The van der Waals surface area contributed by atoms with Gasteiger partial charge in [0.25, 0.3) is 0 Å². The van der Waals surface area contributed by atoms with E-state index in [1.807, 2.05) is 37.4 Å². The van der Waals surface area contributed by atoms with Gasteiger partial charge in [-0.2, -0.15) is 0 Å². The van der Waals surface area contributed by atoms with Crippen LogP contribution >= 0.6 is 0 Å². The highest BCUT2D eigenvalue weighted by Crippen LogP contribution is 2.27. The molecule has 2 heterocycles. The number of nitrogens with one attached hydrogen (secondary N) is 1. The van der Waals surface area contributed by atoms with Gasteiger partial charge in [-0.15, -0.1) is 0 Å². The van der Waals surface area contributed by atoms with Crippen LogP contribution < -0.4 is 11.1 Å². The van der Waals surface area contributed by atoms with Crippen LogP contribution in [0.1, 0.15) is 12.5 Å². The predicted molar refractivity (Wildman–Crippen MR) is 80.8 cm³/mol. The number of benzene rings is 1. The van der Waals surface area contributed by atoms with Crippen molar-refractivity contribution in [3.63, 3.8) is 0 Å². The highest BCUT2D eigenvalue weighted by molar-refractivity contribution is 5.94. The molecule has 0 amide bonds. The molecule has 20 heavy (non-hydrogen) atoms. The van der Waals surface area contributed by atoms with Crippen molar-refractivity contribution in [2.75, 3.05) is 11.1 Å². The minimum Gasteiger partial charge on any atom is -0.383 e. The standard InChI is InChI=1S/C15H15N5/c1-2-11-14(16)18-9-19-15(11)20-13-5-3-4-10-8-17-7-6-12(10)13/h3-9H,2H2,1H3,(H3,16,18,19,20). The minimum absolute atomic E-state index is 0.520. The molecular weight excluding hydrogens is 250 g/mol. The summed E-state index contributed by atoms with van der Waals surface area (Å²) in [5.41, 5.74) is 7.81. The first-order valence-corrected chi connectivity index (χ1v) is 6.48. The monoisotopic (exact) mass is 265 g/mol. The van der Waals surface area contributed by atoms with E-state index in [0.717, 1.165) is 34.3 Å². The molecule has 0 saturated carbocycles. The third kappa shape index (κ3) is 2.14. The molecule has 0 aliphatic rings. The van der Waals surface area contributed by atoms with Crippen molar-refractivity contribution in [2.24, 2.45) is 0 Å². The Labute approximate surface area is 116 Å². The van der Waals surface area contributed by atoms with Crippen LogP contribution in [-0.2, 0) is 6.42 Å². The second-order valence-electron chi connectivity index (χ2n) is 4.47. The Bertz CT molecular complexity index is 749. The van der Waals surface area contributed by atoms with Gasteiger partial charge >= 0.3 is 0 Å². The number of aromatic nitrogens is 3. The molecule has 1 aromatic carbocycles. The Morgan fingerprint density at radius 2 is 2.10 bits per heavy atom. The molecule has 0 saturated heterocycles. The van der Waals surface area contributed by atoms with Crippen molar-refractivity contribution in [1.29, 1.82) is 0 Å². The molecule has 3 N–H and O–H groups in total. The van der Waals surface area contributed by atoms with E-state index in [4.69, 9.17) is 5.73 Å². The summed E-state index contributed by atoms with van der Waals surface area (Å²) in [4.78, 5) is 12.5. The normalized spacial score (nSPS) is 10.7. The van der Waals surface area contributed by atoms with Crippen molar-refractivity contribution in [3.8, 4) is 0 Å². The van der Waals surface area contributed by atoms with Crippen LogP contribution in [0.5, 0.6) is 0 Å². The van der Waals surface area contributed by atoms with E-state index in [1.54, 1.807) is 6.20 Å². The zero-order valence-electron chi connectivity index (χ0n) is 11.2. The van der Waals surface area contributed by atoms with E-state index >= 15 is 0 Å². The highest BCUT2D eigenvalue weighted by Gasteiger charge is 2.08. The van der Waals surface area contributed by atoms with E-state index in [0.29, 0.717) is 5.82 Å². The fourth-order valence-electron chi connectivity index (χ4n) is 2.24. The summed E-state index contributed by atoms with van der Waals surface area (Å²) < 4.78 is 0. The summed E-state index contributed by atoms with van der Waals surface area (Å²) in [5.74, 6) is 1.27. The Morgan fingerprint density at radius 3 is 2.95 bits per heavy atom. The highest BCUT2D eigenvalue weighted by atomic mass is 15.0. The Hall–Kier alpha value is -2.69. The lowest BCUT2D eigenvalue weighted by atomic mass is 10.1. The first-order chi connectivity index (χ1) is 9.79. The summed E-state index contributed by atoms with van der Waals surface area (Å²) in [6.45, 7) is 2.03. The first kappa shape index (κ1) is 12.3. The van der Waals surface area contributed by atoms with Gasteiger partial charge in [-0.1, -0.05) is 19.1 Å². The predicted octanol–water partition coefficient (Wildman–Crippen LogP) is 2.91. The second-order valence-corrected chi connectivity index (χ2v) is 4.47. The van der Waals surface area contributed by atoms with E-state index in [9.17, 15) is 0 Å². The van der Waals surface area contributed by atoms with E-state index in [2.05, 4.69) is 20.3 Å². The molecule has 0 aliphatic heterocycles. The molecule has 0 bridgehead atoms. The lowest BCUT2D eigenvalue weighted by Gasteiger charge is -2.12. The number of pyridine rings is 1. The number of hydrogen-bond donors (Lipinski definition) is 2. The van der Waals surface area contributed by atoms with Crippen LogP contribution in [0.15, 0.2) is 43.0 Å². The number of nitrogen functional groups attached to an aromatic ring is 1. The van der Waals surface area contributed by atoms with Gasteiger partial charge in [0.1, 0.15) is 18.0 Å². The van der Waals surface area contributed by atoms with Gasteiger partial charge in [0.15, 0.2) is 0 Å². The molecule has 0 unspecified atom stereocenters. The molecule has 0 radical (unpaired) electrons. The lowest BCUT2D eigenvalue weighted by Crippen LogP contribution is -2.04. The maximum Gasteiger partial charge on any atom is 0.139 e. The van der Waals surface area contributed by atoms with Gasteiger partial charge in [-0.25, -0.2) is 9.97 Å². The van der Waals surface area contributed by atoms with Crippen LogP contribution in [0.3, 0.4) is 0 Å². The topological polar surface area (TPSA) is 76.7 Å². The van der Waals surface area contributed by atoms with E-state index in [1.165, 1.54) is 6.33 Å². The fraction of sp³-hybridized carbons (Fsp3) is 0.133. The number of nitrogens with two attached hydrogens (primary N) is 1. The molecule has 0 fully saturated rings. The van der Waals surface area contributed by atoms with Crippen LogP contribution in [-0.4, -0.2) is 15.0 Å². The van der Waals surface area contributed by atoms with Gasteiger partial charge in [-0.3, -0.25) is 4.98 Å². The Kier molecular flexibility index (Phi) is 3.16. The Balaban J connectivity index is 2.08. The van der Waals surface area contributed by atoms with Gasteiger partial charge < -0.3 is 11.1 Å². The zero-order valence-corrected chi connectivity index (χ0v) is 11.2. The number of fused-ring (bicyclic) bond motifs is 1. The van der Waals surface area contributed by atoms with Crippen LogP contribution in [0.2, 0.25) is 0 Å². The molecule has 3 rings (SSSR count). The molecular formula is C15H15N5. The summed E-state index contributed by atoms with van der Waals surface area (Å²) in [7, 11) is 0. The molecule has 100 valence electrons. The second kappa shape index (κ2) is 5.13. The van der Waals surface area contributed by atoms with E-state index < -0.39 is 0 Å². The molecule has 0 aliphatic carbocycles. The number of hydrogen-bond acceptors (Lipinski definition) is 5. The molecule has 2 aromatic heterocycles. The maximum atomic E-state index is 5.90. The quantitative estimate of drug-likeness (QED) is 0.761. The van der Waals surface area contributed by atoms with Crippen LogP contribution in [0.4, 0.5) is 17.3 Å². The lowest BCUT2D eigenvalue weighted by molar-refractivity contribution is 1.06. The molecule has 0 spiro atoms. The van der Waals surface area contributed by atoms with Crippen molar-refractivity contribution in [2.45, 2.75) is 13.3 Å². The molecule has 5 heteroatoms. The number of rotatable bonds is 3. The molecule has 3 aromatic rings. The average Bonchev–Trinajstić information content (AvgIpc) is 2.48. The summed E-state index contributed by atoms with van der Waals surface area (Å²) in [5, 5.41) is 5.53. The minimum atomic E-state index is 0.520. The first-order valence-electron chi connectivity index (χ1n) is 6.48. The summed E-state index contributed by atoms with van der Waals surface area (Å²) >= 11 is 0. The summed E-state index contributed by atoms with van der Waals surface area (Å²) in [6.07, 6.45) is 5.88. The van der Waals surface area contributed by atoms with Gasteiger partial charge in [-0.05, 0) is 18.6 Å². The third-order valence-electron chi connectivity index (χ3n) is 3.27. The fourth-order valence-corrected chi connectivity index (χ4v) is 2.24. The number of anilines is 3. The van der Waals surface area contributed by atoms with Crippen molar-refractivity contribution < 1.29 is 0 Å². The zero-order chi connectivity index (χ0) is 13.9. The largest absolute Gasteiger partial charge is 0.383 e. The maximum absolute atomic E-state index is 5.90. The van der Waals surface area contributed by atoms with Gasteiger partial charge in [0.05, 0.1) is 0 Å². The average molecular weight is 265 g/mol. The summed E-state index contributed by atoms with van der Waals surface area (Å²) in [6, 6.07) is 8.01. The van der Waals surface area contributed by atoms with Crippen LogP contribution in [0, 0.1) is 0 Å². The van der Waals surface area contributed by atoms with Gasteiger partial charge in [0, 0.05) is 34.4 Å². The smallest absolute Gasteiger partial charge is 0.139 e. The SMILES string of the molecule is CCc1c(N)ncnc1Nc1cccc2cnccc12. The van der Waals surface area contributed by atoms with Crippen molar-refractivity contribution >= 4 is 28.1 Å². The van der Waals surface area contributed by atoms with Crippen molar-refractivity contribution in [1.82, 2.24) is 15.0 Å². The van der Waals surface area contributed by atoms with Gasteiger partial charge in [0.2, 0.25) is 0 Å². The van der Waals surface area contributed by atoms with Crippen molar-refractivity contribution in [3.05, 3.63) is 48.5 Å². The molecule has 0 atom stereocenters.